The maximum absolute atomic E-state index is 12.6. The fourth-order valence-corrected chi connectivity index (χ4v) is 6.45. The highest BCUT2D eigenvalue weighted by atomic mass is 31.2. The molecule has 0 aromatic carbocycles. The van der Waals surface area contributed by atoms with Crippen LogP contribution in [0.2, 0.25) is 0 Å². The average Bonchev–Trinajstić information content (AvgIpc) is 3.19. The Bertz CT molecular complexity index is 1120. The molecule has 0 fully saturated rings. The Morgan fingerprint density at radius 3 is 1.50 bits per heavy atom. The predicted octanol–water partition coefficient (Wildman–Crippen LogP) is 11.5. The number of allylic oxidation sites excluding steroid dienone is 10. The van der Waals surface area contributed by atoms with E-state index in [4.69, 9.17) is 19.1 Å². The van der Waals surface area contributed by atoms with E-state index in [1.165, 1.54) is 70.6 Å². The fourth-order valence-electron chi connectivity index (χ4n) is 5.66. The molecule has 56 heavy (non-hydrogen) atoms. The summed E-state index contributed by atoms with van der Waals surface area (Å²) in [5, 5.41) is 18.3. The van der Waals surface area contributed by atoms with Gasteiger partial charge in [-0.05, 0) is 58.3 Å². The molecule has 0 heterocycles. The van der Waals surface area contributed by atoms with E-state index in [-0.39, 0.29) is 19.4 Å². The first kappa shape index (κ1) is 53.7. The molecule has 324 valence electrons. The van der Waals surface area contributed by atoms with Gasteiger partial charge in [0.15, 0.2) is 6.10 Å². The van der Waals surface area contributed by atoms with E-state index >= 15 is 0 Å². The SMILES string of the molecule is C/C=C\C/C=C\C/C=C\C/C=C\C/C=C\CCCCCC(=O)OC[C@H](COP(=O)(O)OC[C@@H](O)CO)OC(=O)CCCCCCCCCCCCCCCCC. The summed E-state index contributed by atoms with van der Waals surface area (Å²) < 4.78 is 32.7. The van der Waals surface area contributed by atoms with Crippen molar-refractivity contribution >= 4 is 19.8 Å². The van der Waals surface area contributed by atoms with Gasteiger partial charge < -0.3 is 24.6 Å². The van der Waals surface area contributed by atoms with Gasteiger partial charge in [-0.25, -0.2) is 4.57 Å². The van der Waals surface area contributed by atoms with Crippen LogP contribution >= 0.6 is 7.82 Å². The van der Waals surface area contributed by atoms with Crippen molar-refractivity contribution in [2.24, 2.45) is 0 Å². The zero-order valence-corrected chi connectivity index (χ0v) is 36.0. The van der Waals surface area contributed by atoms with Crippen LogP contribution in [-0.2, 0) is 32.7 Å². The Balaban J connectivity index is 4.35. The van der Waals surface area contributed by atoms with Crippen LogP contribution in [0, 0.1) is 0 Å². The zero-order valence-electron chi connectivity index (χ0n) is 35.1. The number of esters is 2. The van der Waals surface area contributed by atoms with Gasteiger partial charge in [0.1, 0.15) is 12.7 Å². The topological polar surface area (TPSA) is 149 Å². The number of carbonyl (C=O) groups excluding carboxylic acids is 2. The highest BCUT2D eigenvalue weighted by Crippen LogP contribution is 2.43. The largest absolute Gasteiger partial charge is 0.472 e. The van der Waals surface area contributed by atoms with Crippen LogP contribution < -0.4 is 0 Å². The number of hydrogen-bond acceptors (Lipinski definition) is 9. The number of aliphatic hydroxyl groups is 2. The lowest BCUT2D eigenvalue weighted by molar-refractivity contribution is -0.161. The van der Waals surface area contributed by atoms with Gasteiger partial charge in [0.2, 0.25) is 0 Å². The summed E-state index contributed by atoms with van der Waals surface area (Å²) in [6.45, 7) is 2.12. The first-order chi connectivity index (χ1) is 27.2. The molecule has 0 spiro atoms. The number of unbranched alkanes of at least 4 members (excludes halogenated alkanes) is 17. The van der Waals surface area contributed by atoms with Gasteiger partial charge in [0, 0.05) is 12.8 Å². The second-order valence-corrected chi connectivity index (χ2v) is 15.8. The molecule has 3 atom stereocenters. The van der Waals surface area contributed by atoms with Gasteiger partial charge in [-0.1, -0.05) is 164 Å². The molecule has 0 saturated carbocycles. The van der Waals surface area contributed by atoms with Crippen LogP contribution in [0.25, 0.3) is 0 Å². The van der Waals surface area contributed by atoms with E-state index in [9.17, 15) is 24.2 Å². The third-order valence-electron chi connectivity index (χ3n) is 9.02. The first-order valence-electron chi connectivity index (χ1n) is 21.7. The first-order valence-corrected chi connectivity index (χ1v) is 23.2. The van der Waals surface area contributed by atoms with Crippen molar-refractivity contribution in [2.75, 3.05) is 26.4 Å². The van der Waals surface area contributed by atoms with Gasteiger partial charge in [-0.3, -0.25) is 18.6 Å². The monoisotopic (exact) mass is 811 g/mol. The number of ether oxygens (including phenoxy) is 2. The smallest absolute Gasteiger partial charge is 0.462 e. The molecule has 0 saturated heterocycles. The molecule has 10 nitrogen and oxygen atoms in total. The zero-order chi connectivity index (χ0) is 41.2. The molecule has 0 bridgehead atoms. The molecular formula is C45H79O10P. The van der Waals surface area contributed by atoms with Crippen LogP contribution in [0.1, 0.15) is 174 Å². The minimum Gasteiger partial charge on any atom is -0.462 e. The second kappa shape index (κ2) is 40.9. The van der Waals surface area contributed by atoms with Crippen molar-refractivity contribution in [3.05, 3.63) is 60.8 Å². The summed E-state index contributed by atoms with van der Waals surface area (Å²) in [7, 11) is -4.63. The average molecular weight is 811 g/mol. The molecular weight excluding hydrogens is 731 g/mol. The Morgan fingerprint density at radius 1 is 0.571 bits per heavy atom. The van der Waals surface area contributed by atoms with Crippen LogP contribution in [-0.4, -0.2) is 65.7 Å². The van der Waals surface area contributed by atoms with Gasteiger partial charge in [-0.15, -0.1) is 0 Å². The lowest BCUT2D eigenvalue weighted by Crippen LogP contribution is -2.29. The lowest BCUT2D eigenvalue weighted by Gasteiger charge is -2.20. The summed E-state index contributed by atoms with van der Waals surface area (Å²) in [6.07, 6.45) is 44.8. The molecule has 0 amide bonds. The summed E-state index contributed by atoms with van der Waals surface area (Å²) in [6, 6.07) is 0. The summed E-state index contributed by atoms with van der Waals surface area (Å²) in [5.74, 6) is -0.962. The summed E-state index contributed by atoms with van der Waals surface area (Å²) in [4.78, 5) is 35.0. The number of aliphatic hydroxyl groups excluding tert-OH is 2. The van der Waals surface area contributed by atoms with E-state index in [1.54, 1.807) is 0 Å². The third-order valence-corrected chi connectivity index (χ3v) is 9.97. The minimum atomic E-state index is -4.63. The molecule has 0 radical (unpaired) electrons. The van der Waals surface area contributed by atoms with Crippen molar-refractivity contribution in [1.29, 1.82) is 0 Å². The molecule has 0 aliphatic heterocycles. The van der Waals surface area contributed by atoms with Crippen molar-refractivity contribution < 1.29 is 47.8 Å². The standard InChI is InChI=1S/C45H79O10P/c1-3-5-7-9-11-13-15-17-19-20-21-23-24-26-28-30-32-34-36-44(48)52-40-43(41-54-56(50,51)53-39-42(47)38-46)55-45(49)37-35-33-31-29-27-25-22-18-16-14-12-10-8-6-4-2/h3,5,9,11,15,17,20-21,24,26,42-43,46-47H,4,6-8,10,12-14,16,18-19,22-23,25,27-41H2,1-2H3,(H,50,51)/b5-3-,11-9-,17-15-,21-20-,26-24-/t42-,43+/m0/s1. The Kier molecular flexibility index (Phi) is 39.2. The van der Waals surface area contributed by atoms with Gasteiger partial charge in [0.05, 0.1) is 19.8 Å². The van der Waals surface area contributed by atoms with E-state index in [1.807, 2.05) is 6.92 Å². The molecule has 0 rings (SSSR count). The van der Waals surface area contributed by atoms with Crippen LogP contribution in [0.15, 0.2) is 60.8 Å². The maximum Gasteiger partial charge on any atom is 0.472 e. The number of carbonyl (C=O) groups is 2. The Labute approximate surface area is 340 Å². The summed E-state index contributed by atoms with van der Waals surface area (Å²) in [5.41, 5.74) is 0. The Morgan fingerprint density at radius 2 is 1.00 bits per heavy atom. The highest BCUT2D eigenvalue weighted by Gasteiger charge is 2.27. The number of hydrogen-bond donors (Lipinski definition) is 3. The van der Waals surface area contributed by atoms with E-state index in [0.29, 0.717) is 12.8 Å². The van der Waals surface area contributed by atoms with Crippen LogP contribution in [0.3, 0.4) is 0 Å². The minimum absolute atomic E-state index is 0.177. The number of phosphoric ester groups is 1. The molecule has 0 aliphatic carbocycles. The molecule has 11 heteroatoms. The lowest BCUT2D eigenvalue weighted by atomic mass is 10.0. The molecule has 3 N–H and O–H groups in total. The third kappa shape index (κ3) is 39.9. The van der Waals surface area contributed by atoms with E-state index in [2.05, 4.69) is 72.2 Å². The quantitative estimate of drug-likeness (QED) is 0.0236. The van der Waals surface area contributed by atoms with Crippen molar-refractivity contribution in [1.82, 2.24) is 0 Å². The normalized spacial score (nSPS) is 14.4. The van der Waals surface area contributed by atoms with Gasteiger partial charge in [0.25, 0.3) is 0 Å². The van der Waals surface area contributed by atoms with Crippen LogP contribution in [0.4, 0.5) is 0 Å². The van der Waals surface area contributed by atoms with E-state index in [0.717, 1.165) is 64.2 Å². The highest BCUT2D eigenvalue weighted by molar-refractivity contribution is 7.47. The molecule has 0 aliphatic rings. The number of rotatable bonds is 40. The fraction of sp³-hybridized carbons (Fsp3) is 0.733. The Hall–Kier alpha value is -2.33. The predicted molar refractivity (Wildman–Crippen MR) is 228 cm³/mol. The van der Waals surface area contributed by atoms with Crippen LogP contribution in [0.5, 0.6) is 0 Å². The van der Waals surface area contributed by atoms with Crippen molar-refractivity contribution in [2.45, 2.75) is 187 Å². The molecule has 0 aromatic rings. The summed E-state index contributed by atoms with van der Waals surface area (Å²) >= 11 is 0. The van der Waals surface area contributed by atoms with Gasteiger partial charge in [-0.2, -0.15) is 0 Å². The molecule has 1 unspecified atom stereocenters. The number of phosphoric acid groups is 1. The van der Waals surface area contributed by atoms with Gasteiger partial charge >= 0.3 is 19.8 Å². The van der Waals surface area contributed by atoms with Crippen molar-refractivity contribution in [3.8, 4) is 0 Å². The van der Waals surface area contributed by atoms with E-state index < -0.39 is 51.8 Å². The maximum atomic E-state index is 12.6. The van der Waals surface area contributed by atoms with Crippen molar-refractivity contribution in [3.63, 3.8) is 0 Å². The molecule has 0 aromatic heterocycles. The second-order valence-electron chi connectivity index (χ2n) is 14.4.